The molecule has 1 N–H and O–H groups in total. The van der Waals surface area contributed by atoms with Crippen LogP contribution in [-0.2, 0) is 16.1 Å². The molecule has 88 valence electrons. The highest BCUT2D eigenvalue weighted by molar-refractivity contribution is 5.71. The molecule has 0 spiro atoms. The molecule has 1 atom stereocenters. The minimum atomic E-state index is -0.928. The first kappa shape index (κ1) is 12.7. The normalized spacial score (nSPS) is 12.5. The van der Waals surface area contributed by atoms with Gasteiger partial charge in [-0.3, -0.25) is 0 Å². The molecule has 0 bridgehead atoms. The van der Waals surface area contributed by atoms with Crippen LogP contribution in [0.4, 0.5) is 0 Å². The van der Waals surface area contributed by atoms with E-state index in [4.69, 9.17) is 9.84 Å². The van der Waals surface area contributed by atoms with Gasteiger partial charge < -0.3 is 9.84 Å². The Morgan fingerprint density at radius 2 is 1.81 bits per heavy atom. The van der Waals surface area contributed by atoms with Crippen LogP contribution in [0.2, 0.25) is 0 Å². The van der Waals surface area contributed by atoms with Crippen LogP contribution in [-0.4, -0.2) is 17.2 Å². The second-order valence-corrected chi connectivity index (χ2v) is 4.17. The number of carboxylic acid groups (broad SMARTS) is 1. The van der Waals surface area contributed by atoms with Gasteiger partial charge in [0.15, 0.2) is 6.10 Å². The monoisotopic (exact) mass is 222 g/mol. The first-order valence-electron chi connectivity index (χ1n) is 5.33. The van der Waals surface area contributed by atoms with E-state index in [-0.39, 0.29) is 0 Å². The Kier molecular flexibility index (Phi) is 4.07. The van der Waals surface area contributed by atoms with E-state index in [1.165, 1.54) is 5.56 Å². The third-order valence-corrected chi connectivity index (χ3v) is 2.67. The third kappa shape index (κ3) is 3.07. The minimum Gasteiger partial charge on any atom is -0.479 e. The van der Waals surface area contributed by atoms with E-state index in [9.17, 15) is 4.79 Å². The van der Waals surface area contributed by atoms with Crippen molar-refractivity contribution in [1.82, 2.24) is 0 Å². The molecule has 0 aromatic heterocycles. The van der Waals surface area contributed by atoms with Crippen LogP contribution < -0.4 is 0 Å². The highest BCUT2D eigenvalue weighted by atomic mass is 16.5. The zero-order chi connectivity index (χ0) is 12.3. The van der Waals surface area contributed by atoms with Crippen LogP contribution in [0.15, 0.2) is 12.1 Å². The molecule has 0 saturated carbocycles. The van der Waals surface area contributed by atoms with Crippen LogP contribution in [0.3, 0.4) is 0 Å². The summed E-state index contributed by atoms with van der Waals surface area (Å²) in [7, 11) is 0. The topological polar surface area (TPSA) is 46.5 Å². The Balaban J connectivity index is 2.78. The highest BCUT2D eigenvalue weighted by Gasteiger charge is 2.12. The van der Waals surface area contributed by atoms with Gasteiger partial charge in [-0.15, -0.1) is 0 Å². The average molecular weight is 222 g/mol. The minimum absolute atomic E-state index is 0.353. The summed E-state index contributed by atoms with van der Waals surface area (Å²) >= 11 is 0. The summed E-state index contributed by atoms with van der Waals surface area (Å²) in [6.45, 7) is 7.98. The summed E-state index contributed by atoms with van der Waals surface area (Å²) < 4.78 is 5.29. The predicted molar refractivity (Wildman–Crippen MR) is 62.5 cm³/mol. The molecule has 3 heteroatoms. The number of benzene rings is 1. The molecular formula is C13H18O3. The smallest absolute Gasteiger partial charge is 0.332 e. The Labute approximate surface area is 96.1 Å². The lowest BCUT2D eigenvalue weighted by atomic mass is 10.0. The Bertz CT molecular complexity index is 373. The number of hydrogen-bond donors (Lipinski definition) is 1. The van der Waals surface area contributed by atoms with Crippen molar-refractivity contribution in [3.8, 4) is 0 Å². The van der Waals surface area contributed by atoms with Gasteiger partial charge in [0.25, 0.3) is 0 Å². The quantitative estimate of drug-likeness (QED) is 0.851. The van der Waals surface area contributed by atoms with E-state index in [1.807, 2.05) is 20.8 Å². The van der Waals surface area contributed by atoms with Crippen LogP contribution in [0, 0.1) is 20.8 Å². The van der Waals surface area contributed by atoms with E-state index in [0.29, 0.717) is 6.61 Å². The average Bonchev–Trinajstić information content (AvgIpc) is 2.15. The standard InChI is InChI=1S/C13H18O3/c1-8-5-9(2)12(10(3)6-8)7-16-11(4)13(14)15/h5-6,11H,7H2,1-4H3,(H,14,15). The van der Waals surface area contributed by atoms with Crippen LogP contribution in [0.25, 0.3) is 0 Å². The van der Waals surface area contributed by atoms with Gasteiger partial charge >= 0.3 is 5.97 Å². The fourth-order valence-electron chi connectivity index (χ4n) is 1.72. The largest absolute Gasteiger partial charge is 0.479 e. The highest BCUT2D eigenvalue weighted by Crippen LogP contribution is 2.17. The summed E-state index contributed by atoms with van der Waals surface area (Å²) in [5.41, 5.74) is 4.59. The van der Waals surface area contributed by atoms with Gasteiger partial charge in [0, 0.05) is 0 Å². The van der Waals surface area contributed by atoms with Crippen LogP contribution in [0.5, 0.6) is 0 Å². The maximum absolute atomic E-state index is 10.6. The molecule has 0 heterocycles. The molecule has 1 rings (SSSR count). The first-order chi connectivity index (χ1) is 7.41. The van der Waals surface area contributed by atoms with Crippen molar-refractivity contribution in [3.63, 3.8) is 0 Å². The van der Waals surface area contributed by atoms with Gasteiger partial charge in [0.2, 0.25) is 0 Å². The zero-order valence-electron chi connectivity index (χ0n) is 10.2. The van der Waals surface area contributed by atoms with E-state index in [2.05, 4.69) is 12.1 Å². The molecule has 1 unspecified atom stereocenters. The molecule has 0 radical (unpaired) electrons. The molecule has 0 fully saturated rings. The zero-order valence-corrected chi connectivity index (χ0v) is 10.2. The molecule has 1 aromatic carbocycles. The molecule has 0 saturated heterocycles. The number of carboxylic acids is 1. The second kappa shape index (κ2) is 5.12. The van der Waals surface area contributed by atoms with Gasteiger partial charge in [0.1, 0.15) is 0 Å². The Morgan fingerprint density at radius 3 is 2.25 bits per heavy atom. The predicted octanol–water partition coefficient (Wildman–Crippen LogP) is 2.60. The molecule has 0 aliphatic rings. The van der Waals surface area contributed by atoms with Gasteiger partial charge in [0.05, 0.1) is 6.61 Å². The number of aliphatic carboxylic acids is 1. The first-order valence-corrected chi connectivity index (χ1v) is 5.33. The van der Waals surface area contributed by atoms with Gasteiger partial charge in [-0.05, 0) is 44.4 Å². The lowest BCUT2D eigenvalue weighted by molar-refractivity contribution is -0.149. The number of rotatable bonds is 4. The maximum atomic E-state index is 10.6. The molecule has 3 nitrogen and oxygen atoms in total. The third-order valence-electron chi connectivity index (χ3n) is 2.67. The van der Waals surface area contributed by atoms with E-state index in [1.54, 1.807) is 6.92 Å². The lowest BCUT2D eigenvalue weighted by Gasteiger charge is -2.13. The number of aryl methyl sites for hydroxylation is 3. The van der Waals surface area contributed by atoms with E-state index in [0.717, 1.165) is 16.7 Å². The van der Waals surface area contributed by atoms with E-state index >= 15 is 0 Å². The fraction of sp³-hybridized carbons (Fsp3) is 0.462. The maximum Gasteiger partial charge on any atom is 0.332 e. The van der Waals surface area contributed by atoms with Gasteiger partial charge in [-0.2, -0.15) is 0 Å². The summed E-state index contributed by atoms with van der Waals surface area (Å²) in [4.78, 5) is 10.6. The van der Waals surface area contributed by atoms with Crippen molar-refractivity contribution < 1.29 is 14.6 Å². The van der Waals surface area contributed by atoms with Crippen molar-refractivity contribution in [3.05, 3.63) is 34.4 Å². The van der Waals surface area contributed by atoms with Gasteiger partial charge in [-0.1, -0.05) is 17.7 Å². The van der Waals surface area contributed by atoms with Crippen molar-refractivity contribution >= 4 is 5.97 Å². The lowest BCUT2D eigenvalue weighted by Crippen LogP contribution is -2.20. The van der Waals surface area contributed by atoms with Crippen molar-refractivity contribution in [2.75, 3.05) is 0 Å². The van der Waals surface area contributed by atoms with Crippen LogP contribution in [0.1, 0.15) is 29.2 Å². The molecule has 1 aromatic rings. The summed E-state index contributed by atoms with van der Waals surface area (Å²) in [6.07, 6.45) is -0.764. The van der Waals surface area contributed by atoms with Crippen LogP contribution >= 0.6 is 0 Å². The Hall–Kier alpha value is -1.35. The second-order valence-electron chi connectivity index (χ2n) is 4.17. The van der Waals surface area contributed by atoms with Gasteiger partial charge in [-0.25, -0.2) is 4.79 Å². The van der Waals surface area contributed by atoms with Crippen molar-refractivity contribution in [1.29, 1.82) is 0 Å². The fourth-order valence-corrected chi connectivity index (χ4v) is 1.72. The van der Waals surface area contributed by atoms with Crippen molar-refractivity contribution in [2.24, 2.45) is 0 Å². The van der Waals surface area contributed by atoms with E-state index < -0.39 is 12.1 Å². The molecular weight excluding hydrogens is 204 g/mol. The summed E-state index contributed by atoms with van der Waals surface area (Å²) in [5.74, 6) is -0.928. The molecule has 16 heavy (non-hydrogen) atoms. The summed E-state index contributed by atoms with van der Waals surface area (Å²) in [5, 5.41) is 8.72. The summed E-state index contributed by atoms with van der Waals surface area (Å²) in [6, 6.07) is 4.16. The number of hydrogen-bond acceptors (Lipinski definition) is 2. The molecule has 0 aliphatic heterocycles. The number of ether oxygens (including phenoxy) is 1. The van der Waals surface area contributed by atoms with Crippen molar-refractivity contribution in [2.45, 2.75) is 40.4 Å². The Morgan fingerprint density at radius 1 is 1.31 bits per heavy atom. The molecule has 0 aliphatic carbocycles. The number of carbonyl (C=O) groups is 1. The SMILES string of the molecule is Cc1cc(C)c(COC(C)C(=O)O)c(C)c1. The molecule has 0 amide bonds.